The van der Waals surface area contributed by atoms with Gasteiger partial charge in [-0.25, -0.2) is 0 Å². The molecule has 1 N–H and O–H groups in total. The average Bonchev–Trinajstić information content (AvgIpc) is 2.52. The molecule has 0 heterocycles. The van der Waals surface area contributed by atoms with Gasteiger partial charge in [-0.3, -0.25) is 4.79 Å². The summed E-state index contributed by atoms with van der Waals surface area (Å²) in [5.41, 5.74) is 1.99. The van der Waals surface area contributed by atoms with Crippen molar-refractivity contribution in [1.29, 1.82) is 0 Å². The summed E-state index contributed by atoms with van der Waals surface area (Å²) in [7, 11) is 2.54. The molecule has 0 bridgehead atoms. The Bertz CT molecular complexity index is 744. The first-order valence-corrected chi connectivity index (χ1v) is 9.34. The van der Waals surface area contributed by atoms with E-state index in [1.165, 1.54) is 6.08 Å². The maximum absolute atomic E-state index is 11.6. The molecule has 2 rings (SSSR count). The smallest absolute Gasteiger partial charge is 0.243 e. The third-order valence-corrected chi connectivity index (χ3v) is 4.15. The number of ether oxygens (including phenoxy) is 1. The fraction of sp³-hybridized carbons (Fsp3) is 0.167. The van der Waals surface area contributed by atoms with Gasteiger partial charge >= 0.3 is 0 Å². The summed E-state index contributed by atoms with van der Waals surface area (Å²) in [4.78, 5) is 11.6. The predicted octanol–water partition coefficient (Wildman–Crippen LogP) is 5.25. The van der Waals surface area contributed by atoms with Gasteiger partial charge in [-0.05, 0) is 60.6 Å². The van der Waals surface area contributed by atoms with Crippen molar-refractivity contribution in [2.75, 3.05) is 6.16 Å². The molecule has 1 amide bonds. The van der Waals surface area contributed by atoms with Gasteiger partial charge in [0.05, 0.1) is 5.02 Å². The summed E-state index contributed by atoms with van der Waals surface area (Å²) in [6.45, 7) is 2.40. The van der Waals surface area contributed by atoms with Crippen LogP contribution in [0.25, 0.3) is 0 Å². The molecular formula is C18H18BrClNO2P. The molecule has 126 valence electrons. The van der Waals surface area contributed by atoms with Crippen molar-refractivity contribution < 1.29 is 9.53 Å². The second-order valence-electron chi connectivity index (χ2n) is 5.19. The predicted molar refractivity (Wildman–Crippen MR) is 106 cm³/mol. The Morgan fingerprint density at radius 2 is 2.12 bits per heavy atom. The molecule has 0 aliphatic rings. The first-order valence-electron chi connectivity index (χ1n) is 7.36. The lowest BCUT2D eigenvalue weighted by Crippen LogP contribution is -2.20. The molecule has 0 fully saturated rings. The average molecular weight is 427 g/mol. The Morgan fingerprint density at radius 3 is 2.83 bits per heavy atom. The molecule has 0 aromatic heterocycles. The third-order valence-electron chi connectivity index (χ3n) is 3.11. The Hall–Kier alpha value is -1.35. The summed E-state index contributed by atoms with van der Waals surface area (Å²) < 4.78 is 6.83. The molecule has 6 heteroatoms. The van der Waals surface area contributed by atoms with E-state index in [4.69, 9.17) is 16.3 Å². The molecule has 0 saturated carbocycles. The van der Waals surface area contributed by atoms with Crippen LogP contribution in [0.4, 0.5) is 0 Å². The third kappa shape index (κ3) is 5.94. The molecular weight excluding hydrogens is 409 g/mol. The van der Waals surface area contributed by atoms with Crippen LogP contribution in [0.1, 0.15) is 11.1 Å². The molecule has 2 aromatic carbocycles. The summed E-state index contributed by atoms with van der Waals surface area (Å²) in [5.74, 6) is 1.13. The number of nitrogens with one attached hydrogen (secondary N) is 1. The Labute approximate surface area is 157 Å². The maximum atomic E-state index is 11.6. The van der Waals surface area contributed by atoms with E-state index in [0.717, 1.165) is 21.8 Å². The maximum Gasteiger partial charge on any atom is 0.243 e. The quantitative estimate of drug-likeness (QED) is 0.506. The fourth-order valence-electron chi connectivity index (χ4n) is 2.05. The van der Waals surface area contributed by atoms with Crippen molar-refractivity contribution in [3.63, 3.8) is 0 Å². The monoisotopic (exact) mass is 425 g/mol. The van der Waals surface area contributed by atoms with Crippen molar-refractivity contribution in [2.45, 2.75) is 13.5 Å². The van der Waals surface area contributed by atoms with Crippen LogP contribution in [-0.4, -0.2) is 12.1 Å². The highest BCUT2D eigenvalue weighted by atomic mass is 79.9. The van der Waals surface area contributed by atoms with Gasteiger partial charge in [0.2, 0.25) is 5.91 Å². The Balaban J connectivity index is 2.10. The summed E-state index contributed by atoms with van der Waals surface area (Å²) >= 11 is 9.67. The number of hydrogen-bond donors (Lipinski definition) is 1. The summed E-state index contributed by atoms with van der Waals surface area (Å²) in [6, 6.07) is 11.3. The molecule has 0 spiro atoms. The minimum Gasteiger partial charge on any atom is -0.456 e. The van der Waals surface area contributed by atoms with E-state index in [2.05, 4.69) is 30.5 Å². The van der Waals surface area contributed by atoms with E-state index in [9.17, 15) is 4.79 Å². The molecule has 0 aliphatic heterocycles. The van der Waals surface area contributed by atoms with E-state index in [0.29, 0.717) is 23.1 Å². The fourth-order valence-corrected chi connectivity index (χ4v) is 2.93. The van der Waals surface area contributed by atoms with Crippen LogP contribution >= 0.6 is 36.8 Å². The van der Waals surface area contributed by atoms with Gasteiger partial charge in [-0.2, -0.15) is 0 Å². The number of carbonyl (C=O) groups is 1. The zero-order chi connectivity index (χ0) is 17.5. The van der Waals surface area contributed by atoms with E-state index < -0.39 is 0 Å². The van der Waals surface area contributed by atoms with Crippen molar-refractivity contribution >= 4 is 42.7 Å². The van der Waals surface area contributed by atoms with Gasteiger partial charge in [-0.1, -0.05) is 39.7 Å². The standard InChI is InChI=1S/C18H18BrClNO2P/c1-12-7-14(19)10-15(8-12)23-17-9-13(4-5-16(17)20)11-21-18(22)3-2-6-24/h2-5,7-10H,6,11,24H2,1H3,(H,21,22)/b3-2-. The van der Waals surface area contributed by atoms with Crippen molar-refractivity contribution in [2.24, 2.45) is 0 Å². The van der Waals surface area contributed by atoms with Crippen LogP contribution in [0.3, 0.4) is 0 Å². The van der Waals surface area contributed by atoms with Gasteiger partial charge < -0.3 is 10.1 Å². The molecule has 0 aliphatic carbocycles. The van der Waals surface area contributed by atoms with E-state index in [-0.39, 0.29) is 5.91 Å². The number of rotatable bonds is 6. The van der Waals surface area contributed by atoms with Crippen LogP contribution in [0.2, 0.25) is 5.02 Å². The second kappa shape index (κ2) is 9.22. The number of allylic oxidation sites excluding steroid dienone is 1. The van der Waals surface area contributed by atoms with E-state index >= 15 is 0 Å². The van der Waals surface area contributed by atoms with Crippen LogP contribution in [0, 0.1) is 6.92 Å². The first kappa shape index (κ1) is 19.0. The summed E-state index contributed by atoms with van der Waals surface area (Å²) in [5, 5.41) is 3.34. The molecule has 24 heavy (non-hydrogen) atoms. The minimum atomic E-state index is -0.127. The SMILES string of the molecule is Cc1cc(Br)cc(Oc2cc(CNC(=O)/C=C\CP)ccc2Cl)c1. The highest BCUT2D eigenvalue weighted by Crippen LogP contribution is 2.32. The van der Waals surface area contributed by atoms with E-state index in [1.54, 1.807) is 12.1 Å². The molecule has 2 aromatic rings. The topological polar surface area (TPSA) is 38.3 Å². The number of halogens is 2. The Morgan fingerprint density at radius 1 is 1.33 bits per heavy atom. The molecule has 0 saturated heterocycles. The van der Waals surface area contributed by atoms with Crippen LogP contribution in [-0.2, 0) is 11.3 Å². The van der Waals surface area contributed by atoms with Crippen molar-refractivity contribution in [3.05, 3.63) is 69.2 Å². The minimum absolute atomic E-state index is 0.127. The zero-order valence-corrected chi connectivity index (χ0v) is 16.7. The highest BCUT2D eigenvalue weighted by molar-refractivity contribution is 9.10. The van der Waals surface area contributed by atoms with Gasteiger partial charge in [0.15, 0.2) is 0 Å². The van der Waals surface area contributed by atoms with Gasteiger partial charge in [0.1, 0.15) is 11.5 Å². The van der Waals surface area contributed by atoms with Gasteiger partial charge in [0.25, 0.3) is 0 Å². The molecule has 1 atom stereocenters. The number of amides is 1. The van der Waals surface area contributed by atoms with Crippen LogP contribution in [0.5, 0.6) is 11.5 Å². The molecule has 3 nitrogen and oxygen atoms in total. The number of hydrogen-bond acceptors (Lipinski definition) is 2. The van der Waals surface area contributed by atoms with Crippen molar-refractivity contribution in [3.8, 4) is 11.5 Å². The second-order valence-corrected chi connectivity index (χ2v) is 6.98. The normalized spacial score (nSPS) is 10.8. The molecule has 0 radical (unpaired) electrons. The van der Waals surface area contributed by atoms with E-state index in [1.807, 2.05) is 37.3 Å². The number of aryl methyl sites for hydroxylation is 1. The number of benzene rings is 2. The lowest BCUT2D eigenvalue weighted by molar-refractivity contribution is -0.116. The van der Waals surface area contributed by atoms with Crippen LogP contribution < -0.4 is 10.1 Å². The highest BCUT2D eigenvalue weighted by Gasteiger charge is 2.07. The van der Waals surface area contributed by atoms with Crippen LogP contribution in [0.15, 0.2) is 53.0 Å². The van der Waals surface area contributed by atoms with Gasteiger partial charge in [0, 0.05) is 11.0 Å². The molecule has 1 unspecified atom stereocenters. The lowest BCUT2D eigenvalue weighted by Gasteiger charge is -2.11. The summed E-state index contributed by atoms with van der Waals surface area (Å²) in [6.07, 6.45) is 4.05. The lowest BCUT2D eigenvalue weighted by atomic mass is 10.2. The van der Waals surface area contributed by atoms with Gasteiger partial charge in [-0.15, -0.1) is 9.24 Å². The first-order chi connectivity index (χ1) is 11.5. The zero-order valence-electron chi connectivity index (χ0n) is 13.2. The van der Waals surface area contributed by atoms with Crippen molar-refractivity contribution in [1.82, 2.24) is 5.32 Å². The Kier molecular flexibility index (Phi) is 7.29. The largest absolute Gasteiger partial charge is 0.456 e. The number of carbonyl (C=O) groups excluding carboxylic acids is 1.